The van der Waals surface area contributed by atoms with Crippen molar-refractivity contribution in [2.75, 3.05) is 33.2 Å². The topological polar surface area (TPSA) is 78.8 Å². The first-order valence-corrected chi connectivity index (χ1v) is 8.98. The molecule has 8 nitrogen and oxygen atoms in total. The maximum Gasteiger partial charge on any atom is 0.329 e. The molecular formula is C13H19F2N5O3S. The lowest BCUT2D eigenvalue weighted by molar-refractivity contribution is -0.0738. The molecule has 24 heavy (non-hydrogen) atoms. The number of rotatable bonds is 1. The van der Waals surface area contributed by atoms with Crippen LogP contribution in [0.2, 0.25) is 0 Å². The number of aromatic nitrogens is 2. The molecule has 134 valence electrons. The van der Waals surface area contributed by atoms with Crippen molar-refractivity contribution >= 4 is 16.2 Å². The van der Waals surface area contributed by atoms with Gasteiger partial charge in [0.05, 0.1) is 6.54 Å². The Morgan fingerprint density at radius 3 is 2.75 bits per heavy atom. The Balaban J connectivity index is 1.85. The SMILES string of the molecule is CN1CCCN([C@H]2CN(C(=O)n3ccnc3)CC(F)(F)C2)S1(=O)=O. The number of nitrogens with zero attached hydrogens (tertiary/aromatic N) is 5. The molecule has 2 fully saturated rings. The van der Waals surface area contributed by atoms with Crippen molar-refractivity contribution in [2.24, 2.45) is 0 Å². The molecule has 2 aliphatic heterocycles. The van der Waals surface area contributed by atoms with Crippen LogP contribution in [0.15, 0.2) is 18.7 Å². The quantitative estimate of drug-likeness (QED) is 0.725. The number of carbonyl (C=O) groups is 1. The molecule has 2 aliphatic rings. The van der Waals surface area contributed by atoms with E-state index >= 15 is 0 Å². The van der Waals surface area contributed by atoms with Gasteiger partial charge in [0.25, 0.3) is 16.1 Å². The number of carbonyl (C=O) groups excluding carboxylic acids is 1. The van der Waals surface area contributed by atoms with Crippen molar-refractivity contribution in [1.29, 1.82) is 0 Å². The van der Waals surface area contributed by atoms with Gasteiger partial charge in [-0.25, -0.2) is 18.6 Å². The zero-order valence-corrected chi connectivity index (χ0v) is 14.0. The number of hydrogen-bond acceptors (Lipinski definition) is 4. The lowest BCUT2D eigenvalue weighted by Gasteiger charge is -2.44. The molecule has 0 saturated carbocycles. The summed E-state index contributed by atoms with van der Waals surface area (Å²) in [4.78, 5) is 17.1. The van der Waals surface area contributed by atoms with Crippen LogP contribution in [0, 0.1) is 0 Å². The van der Waals surface area contributed by atoms with Crippen LogP contribution in [0.5, 0.6) is 0 Å². The zero-order chi connectivity index (χ0) is 17.5. The molecule has 3 rings (SSSR count). The standard InChI is InChI=1S/C13H19F2N5O3S/c1-17-4-2-5-20(24(17,22)23)11-7-13(14,15)9-19(8-11)12(21)18-6-3-16-10-18/h3,6,10-11H,2,4-5,7-9H2,1H3/t11-/m1/s1. The van der Waals surface area contributed by atoms with E-state index in [4.69, 9.17) is 0 Å². The third kappa shape index (κ3) is 3.15. The molecule has 11 heteroatoms. The minimum Gasteiger partial charge on any atom is -0.316 e. The highest BCUT2D eigenvalue weighted by molar-refractivity contribution is 7.86. The van der Waals surface area contributed by atoms with Gasteiger partial charge in [-0.15, -0.1) is 0 Å². The van der Waals surface area contributed by atoms with Gasteiger partial charge >= 0.3 is 6.03 Å². The number of hydrogen-bond donors (Lipinski definition) is 0. The van der Waals surface area contributed by atoms with E-state index in [0.717, 1.165) is 18.1 Å². The molecule has 0 bridgehead atoms. The maximum absolute atomic E-state index is 14.2. The van der Waals surface area contributed by atoms with Crippen molar-refractivity contribution in [3.05, 3.63) is 18.7 Å². The van der Waals surface area contributed by atoms with Crippen LogP contribution in [0.4, 0.5) is 13.6 Å². The maximum atomic E-state index is 14.2. The van der Waals surface area contributed by atoms with Crippen molar-refractivity contribution < 1.29 is 22.0 Å². The predicted molar refractivity (Wildman–Crippen MR) is 80.8 cm³/mol. The zero-order valence-electron chi connectivity index (χ0n) is 13.2. The Labute approximate surface area is 138 Å². The summed E-state index contributed by atoms with van der Waals surface area (Å²) >= 11 is 0. The summed E-state index contributed by atoms with van der Waals surface area (Å²) in [6.45, 7) is -0.260. The average molecular weight is 363 g/mol. The third-order valence-electron chi connectivity index (χ3n) is 4.33. The summed E-state index contributed by atoms with van der Waals surface area (Å²) in [5.74, 6) is -3.15. The van der Waals surface area contributed by atoms with Crippen LogP contribution >= 0.6 is 0 Å². The van der Waals surface area contributed by atoms with Crippen LogP contribution in [0.3, 0.4) is 0 Å². The van der Waals surface area contributed by atoms with Gasteiger partial charge in [-0.3, -0.25) is 4.57 Å². The molecule has 0 unspecified atom stereocenters. The van der Waals surface area contributed by atoms with Gasteiger partial charge in [0.2, 0.25) is 0 Å². The Morgan fingerprint density at radius 1 is 1.33 bits per heavy atom. The van der Waals surface area contributed by atoms with E-state index in [2.05, 4.69) is 4.98 Å². The molecule has 3 heterocycles. The van der Waals surface area contributed by atoms with E-state index in [1.165, 1.54) is 25.8 Å². The molecule has 1 amide bonds. The second kappa shape index (κ2) is 6.05. The molecule has 2 saturated heterocycles. The van der Waals surface area contributed by atoms with Crippen molar-refractivity contribution in [3.63, 3.8) is 0 Å². The molecule has 0 N–H and O–H groups in total. The van der Waals surface area contributed by atoms with Crippen LogP contribution in [-0.2, 0) is 10.2 Å². The first kappa shape index (κ1) is 17.2. The molecule has 0 spiro atoms. The number of amides is 1. The fourth-order valence-corrected chi connectivity index (χ4v) is 4.77. The van der Waals surface area contributed by atoms with E-state index in [-0.39, 0.29) is 13.1 Å². The molecule has 0 radical (unpaired) electrons. The summed E-state index contributed by atoms with van der Waals surface area (Å²) in [7, 11) is -2.35. The smallest absolute Gasteiger partial charge is 0.316 e. The van der Waals surface area contributed by atoms with E-state index in [1.54, 1.807) is 0 Å². The largest absolute Gasteiger partial charge is 0.329 e. The fourth-order valence-electron chi connectivity index (χ4n) is 3.18. The average Bonchev–Trinajstić information content (AvgIpc) is 3.01. The predicted octanol–water partition coefficient (Wildman–Crippen LogP) is 0.443. The highest BCUT2D eigenvalue weighted by Crippen LogP contribution is 2.32. The van der Waals surface area contributed by atoms with Crippen LogP contribution in [-0.4, -0.2) is 82.7 Å². The minimum absolute atomic E-state index is 0.0698. The Bertz CT molecular complexity index is 709. The number of alkyl halides is 2. The van der Waals surface area contributed by atoms with Crippen molar-refractivity contribution in [3.8, 4) is 0 Å². The highest BCUT2D eigenvalue weighted by Gasteiger charge is 2.48. The second-order valence-electron chi connectivity index (χ2n) is 6.14. The van der Waals surface area contributed by atoms with Gasteiger partial charge in [-0.05, 0) is 6.42 Å². The Kier molecular flexibility index (Phi) is 4.34. The monoisotopic (exact) mass is 363 g/mol. The van der Waals surface area contributed by atoms with Crippen LogP contribution in [0.25, 0.3) is 0 Å². The number of imidazole rings is 1. The van der Waals surface area contributed by atoms with E-state index in [1.807, 2.05) is 0 Å². The van der Waals surface area contributed by atoms with Crippen molar-refractivity contribution in [1.82, 2.24) is 23.1 Å². The van der Waals surface area contributed by atoms with Gasteiger partial charge < -0.3 is 4.90 Å². The molecular weight excluding hydrogens is 344 g/mol. The lowest BCUT2D eigenvalue weighted by atomic mass is 10.0. The molecule has 0 aliphatic carbocycles. The van der Waals surface area contributed by atoms with E-state index in [9.17, 15) is 22.0 Å². The summed E-state index contributed by atoms with van der Waals surface area (Å²) in [6.07, 6.45) is 3.95. The van der Waals surface area contributed by atoms with Gasteiger partial charge in [0, 0.05) is 51.5 Å². The normalized spacial score (nSPS) is 28.0. The minimum atomic E-state index is -3.78. The second-order valence-corrected chi connectivity index (χ2v) is 8.13. The molecule has 1 aromatic heterocycles. The summed E-state index contributed by atoms with van der Waals surface area (Å²) < 4.78 is 56.5. The number of piperidine rings is 1. The first-order chi connectivity index (χ1) is 11.2. The highest BCUT2D eigenvalue weighted by atomic mass is 32.2. The number of halogens is 2. The molecule has 1 atom stereocenters. The molecule has 1 aromatic rings. The first-order valence-electron chi connectivity index (χ1n) is 7.59. The summed E-state index contributed by atoms with van der Waals surface area (Å²) in [5.41, 5.74) is 0. The third-order valence-corrected chi connectivity index (χ3v) is 6.38. The van der Waals surface area contributed by atoms with Gasteiger partial charge in [0.15, 0.2) is 0 Å². The number of likely N-dealkylation sites (tertiary alicyclic amines) is 1. The van der Waals surface area contributed by atoms with E-state index in [0.29, 0.717) is 13.0 Å². The Morgan fingerprint density at radius 2 is 2.08 bits per heavy atom. The molecule has 0 aromatic carbocycles. The summed E-state index contributed by atoms with van der Waals surface area (Å²) in [6, 6.07) is -1.59. The summed E-state index contributed by atoms with van der Waals surface area (Å²) in [5, 5.41) is 0. The Hall–Kier alpha value is -1.59. The lowest BCUT2D eigenvalue weighted by Crippen LogP contribution is -2.61. The van der Waals surface area contributed by atoms with E-state index < -0.39 is 41.2 Å². The van der Waals surface area contributed by atoms with Crippen molar-refractivity contribution in [2.45, 2.75) is 24.8 Å². The van der Waals surface area contributed by atoms with Gasteiger partial charge in [0.1, 0.15) is 6.33 Å². The van der Waals surface area contributed by atoms with Gasteiger partial charge in [-0.2, -0.15) is 17.0 Å². The van der Waals surface area contributed by atoms with Crippen LogP contribution in [0.1, 0.15) is 12.8 Å². The van der Waals surface area contributed by atoms with Gasteiger partial charge in [-0.1, -0.05) is 0 Å². The fraction of sp³-hybridized carbons (Fsp3) is 0.692. The van der Waals surface area contributed by atoms with Crippen LogP contribution < -0.4 is 0 Å².